The van der Waals surface area contributed by atoms with Crippen LogP contribution in [0.1, 0.15) is 13.3 Å². The molecule has 0 saturated heterocycles. The third-order valence-electron chi connectivity index (χ3n) is 2.38. The zero-order valence-electron chi connectivity index (χ0n) is 10.4. The highest BCUT2D eigenvalue weighted by Gasteiger charge is 2.30. The second kappa shape index (κ2) is 6.23. The molecule has 0 spiro atoms. The molecule has 0 bridgehead atoms. The number of rotatable bonds is 6. The fourth-order valence-corrected chi connectivity index (χ4v) is 3.06. The van der Waals surface area contributed by atoms with Crippen LogP contribution in [0, 0.1) is 17.5 Å². The van der Waals surface area contributed by atoms with Gasteiger partial charge in [-0.1, -0.05) is 6.92 Å². The first-order chi connectivity index (χ1) is 9.20. The molecule has 5 nitrogen and oxygen atoms in total. The first kappa shape index (κ1) is 16.4. The van der Waals surface area contributed by atoms with Crippen LogP contribution >= 0.6 is 0 Å². The van der Waals surface area contributed by atoms with Gasteiger partial charge in [0.1, 0.15) is 17.3 Å². The molecular weight excluding hydrogens is 299 g/mol. The lowest BCUT2D eigenvalue weighted by atomic mass is 10.3. The molecule has 1 aromatic rings. The number of halogens is 3. The van der Waals surface area contributed by atoms with Gasteiger partial charge in [-0.2, -0.15) is 4.31 Å². The molecule has 1 aromatic carbocycles. The van der Waals surface area contributed by atoms with Crippen LogP contribution in [0.4, 0.5) is 13.2 Å². The summed E-state index contributed by atoms with van der Waals surface area (Å²) in [5, 5.41) is 8.65. The van der Waals surface area contributed by atoms with E-state index in [1.807, 2.05) is 0 Å². The van der Waals surface area contributed by atoms with Crippen LogP contribution in [0.5, 0.6) is 0 Å². The Bertz CT molecular complexity index is 618. The topological polar surface area (TPSA) is 74.7 Å². The maximum absolute atomic E-state index is 13.5. The van der Waals surface area contributed by atoms with Gasteiger partial charge in [0.05, 0.1) is 0 Å². The fraction of sp³-hybridized carbons (Fsp3) is 0.364. The number of nitrogens with zero attached hydrogens (tertiary/aromatic N) is 1. The van der Waals surface area contributed by atoms with Crippen LogP contribution in [0.3, 0.4) is 0 Å². The van der Waals surface area contributed by atoms with E-state index in [1.54, 1.807) is 6.92 Å². The first-order valence-electron chi connectivity index (χ1n) is 5.56. The first-order valence-corrected chi connectivity index (χ1v) is 7.00. The Morgan fingerprint density at radius 2 is 1.75 bits per heavy atom. The van der Waals surface area contributed by atoms with E-state index in [0.717, 1.165) is 0 Å². The number of benzene rings is 1. The highest BCUT2D eigenvalue weighted by molar-refractivity contribution is 7.89. The normalized spacial score (nSPS) is 11.8. The molecule has 0 aliphatic heterocycles. The van der Waals surface area contributed by atoms with E-state index in [9.17, 15) is 26.4 Å². The third-order valence-corrected chi connectivity index (χ3v) is 4.24. The molecule has 0 unspecified atom stereocenters. The predicted octanol–water partition coefficient (Wildman–Crippen LogP) is 1.59. The standard InChI is InChI=1S/C11H12F3NO4S/c1-2-3-15(6-11(16)17)20(18,19)10-5-8(13)7(12)4-9(10)14/h4-5H,2-3,6H2,1H3,(H,16,17). The lowest BCUT2D eigenvalue weighted by molar-refractivity contribution is -0.137. The number of carboxylic acid groups (broad SMARTS) is 1. The number of sulfonamides is 1. The van der Waals surface area contributed by atoms with Crippen molar-refractivity contribution in [2.24, 2.45) is 0 Å². The average molecular weight is 311 g/mol. The maximum atomic E-state index is 13.5. The van der Waals surface area contributed by atoms with E-state index in [0.29, 0.717) is 4.31 Å². The van der Waals surface area contributed by atoms with Gasteiger partial charge in [-0.25, -0.2) is 21.6 Å². The van der Waals surface area contributed by atoms with E-state index in [1.165, 1.54) is 0 Å². The average Bonchev–Trinajstić information content (AvgIpc) is 2.32. The third kappa shape index (κ3) is 3.48. The van der Waals surface area contributed by atoms with Gasteiger partial charge in [0.25, 0.3) is 0 Å². The van der Waals surface area contributed by atoms with Crippen molar-refractivity contribution in [3.05, 3.63) is 29.6 Å². The summed E-state index contributed by atoms with van der Waals surface area (Å²) in [4.78, 5) is 9.54. The summed E-state index contributed by atoms with van der Waals surface area (Å²) in [5.74, 6) is -5.97. The zero-order valence-corrected chi connectivity index (χ0v) is 11.3. The van der Waals surface area contributed by atoms with Crippen LogP contribution in [-0.2, 0) is 14.8 Å². The van der Waals surface area contributed by atoms with Gasteiger partial charge >= 0.3 is 5.97 Å². The molecule has 0 saturated carbocycles. The van der Waals surface area contributed by atoms with Crippen LogP contribution in [0.25, 0.3) is 0 Å². The summed E-state index contributed by atoms with van der Waals surface area (Å²) in [6.45, 7) is 0.508. The maximum Gasteiger partial charge on any atom is 0.318 e. The van der Waals surface area contributed by atoms with Gasteiger partial charge in [-0.15, -0.1) is 0 Å². The van der Waals surface area contributed by atoms with Crippen molar-refractivity contribution in [2.75, 3.05) is 13.1 Å². The van der Waals surface area contributed by atoms with E-state index in [2.05, 4.69) is 0 Å². The van der Waals surface area contributed by atoms with E-state index < -0.39 is 44.9 Å². The van der Waals surface area contributed by atoms with Gasteiger partial charge in [-0.05, 0) is 12.5 Å². The molecule has 0 aliphatic rings. The molecule has 0 heterocycles. The van der Waals surface area contributed by atoms with Crippen molar-refractivity contribution < 1.29 is 31.5 Å². The minimum absolute atomic E-state index is 0.104. The molecule has 0 radical (unpaired) electrons. The fourth-order valence-electron chi connectivity index (χ4n) is 1.53. The molecule has 0 aliphatic carbocycles. The van der Waals surface area contributed by atoms with Gasteiger partial charge in [0.15, 0.2) is 11.6 Å². The van der Waals surface area contributed by atoms with Gasteiger partial charge in [0.2, 0.25) is 10.0 Å². The van der Waals surface area contributed by atoms with Crippen molar-refractivity contribution in [3.63, 3.8) is 0 Å². The summed E-state index contributed by atoms with van der Waals surface area (Å²) >= 11 is 0. The number of aliphatic carboxylic acids is 1. The largest absolute Gasteiger partial charge is 0.480 e. The molecule has 1 rings (SSSR count). The lowest BCUT2D eigenvalue weighted by Crippen LogP contribution is -2.36. The Kier molecular flexibility index (Phi) is 5.12. The van der Waals surface area contributed by atoms with Crippen LogP contribution in [-0.4, -0.2) is 36.9 Å². The molecule has 0 aromatic heterocycles. The molecule has 20 heavy (non-hydrogen) atoms. The second-order valence-corrected chi connectivity index (χ2v) is 5.84. The molecule has 1 N–H and O–H groups in total. The predicted molar refractivity (Wildman–Crippen MR) is 63.0 cm³/mol. The van der Waals surface area contributed by atoms with Gasteiger partial charge in [-0.3, -0.25) is 4.79 Å². The SMILES string of the molecule is CCCN(CC(=O)O)S(=O)(=O)c1cc(F)c(F)cc1F. The lowest BCUT2D eigenvalue weighted by Gasteiger charge is -2.20. The Morgan fingerprint density at radius 1 is 1.20 bits per heavy atom. The molecule has 9 heteroatoms. The Hall–Kier alpha value is -1.61. The second-order valence-electron chi connectivity index (χ2n) is 3.93. The smallest absolute Gasteiger partial charge is 0.318 e. The molecule has 0 fully saturated rings. The summed E-state index contributed by atoms with van der Waals surface area (Å²) in [6.07, 6.45) is 0.276. The summed E-state index contributed by atoms with van der Waals surface area (Å²) < 4.78 is 64.0. The summed E-state index contributed by atoms with van der Waals surface area (Å²) in [7, 11) is -4.56. The Labute approximate surface area is 113 Å². The number of hydrogen-bond donors (Lipinski definition) is 1. The minimum Gasteiger partial charge on any atom is -0.480 e. The number of carboxylic acids is 1. The van der Waals surface area contributed by atoms with E-state index in [4.69, 9.17) is 5.11 Å². The van der Waals surface area contributed by atoms with Crippen molar-refractivity contribution in [1.29, 1.82) is 0 Å². The van der Waals surface area contributed by atoms with Gasteiger partial charge in [0, 0.05) is 12.6 Å². The number of hydrogen-bond acceptors (Lipinski definition) is 3. The summed E-state index contributed by atoms with van der Waals surface area (Å²) in [6, 6.07) is 0.303. The molecule has 0 amide bonds. The van der Waals surface area contributed by atoms with Crippen molar-refractivity contribution in [1.82, 2.24) is 4.31 Å². The molecule has 112 valence electrons. The zero-order chi connectivity index (χ0) is 15.5. The quantitative estimate of drug-likeness (QED) is 0.810. The molecular formula is C11H12F3NO4S. The number of carbonyl (C=O) groups is 1. The Morgan fingerprint density at radius 3 is 2.25 bits per heavy atom. The van der Waals surface area contributed by atoms with Crippen LogP contribution < -0.4 is 0 Å². The minimum atomic E-state index is -4.56. The van der Waals surface area contributed by atoms with E-state index in [-0.39, 0.29) is 25.1 Å². The van der Waals surface area contributed by atoms with Crippen molar-refractivity contribution in [2.45, 2.75) is 18.2 Å². The van der Waals surface area contributed by atoms with E-state index >= 15 is 0 Å². The Balaban J connectivity index is 3.32. The van der Waals surface area contributed by atoms with Crippen LogP contribution in [0.2, 0.25) is 0 Å². The highest BCUT2D eigenvalue weighted by Crippen LogP contribution is 2.22. The monoisotopic (exact) mass is 311 g/mol. The highest BCUT2D eigenvalue weighted by atomic mass is 32.2. The van der Waals surface area contributed by atoms with Crippen molar-refractivity contribution >= 4 is 16.0 Å². The van der Waals surface area contributed by atoms with Crippen molar-refractivity contribution in [3.8, 4) is 0 Å². The van der Waals surface area contributed by atoms with Gasteiger partial charge < -0.3 is 5.11 Å². The summed E-state index contributed by atoms with van der Waals surface area (Å²) in [5.41, 5.74) is 0. The molecule has 0 atom stereocenters. The van der Waals surface area contributed by atoms with Crippen LogP contribution in [0.15, 0.2) is 17.0 Å².